The molecule has 0 spiro atoms. The van der Waals surface area contributed by atoms with Gasteiger partial charge in [-0.3, -0.25) is 4.79 Å². The van der Waals surface area contributed by atoms with E-state index in [1.54, 1.807) is 43.3 Å². The monoisotopic (exact) mass is 392 g/mol. The van der Waals surface area contributed by atoms with E-state index in [0.717, 1.165) is 0 Å². The van der Waals surface area contributed by atoms with Gasteiger partial charge in [-0.15, -0.1) is 0 Å². The number of carbonyl (C=O) groups excluding carboxylic acids is 1. The molecular weight excluding hydrogens is 379 g/mol. The van der Waals surface area contributed by atoms with E-state index in [0.29, 0.717) is 38.9 Å². The minimum atomic E-state index is -0.342. The first-order chi connectivity index (χ1) is 12.5. The van der Waals surface area contributed by atoms with Crippen LogP contribution in [0.2, 0.25) is 10.0 Å². The zero-order valence-electron chi connectivity index (χ0n) is 13.6. The van der Waals surface area contributed by atoms with Gasteiger partial charge in [0.2, 0.25) is 0 Å². The van der Waals surface area contributed by atoms with Gasteiger partial charge in [0.1, 0.15) is 17.3 Å². The van der Waals surface area contributed by atoms with Gasteiger partial charge in [0.05, 0.1) is 16.9 Å². The Balaban J connectivity index is 1.52. The molecule has 0 saturated heterocycles. The molecule has 26 heavy (non-hydrogen) atoms. The molecule has 2 N–H and O–H groups in total. The second-order valence-electron chi connectivity index (χ2n) is 5.29. The van der Waals surface area contributed by atoms with E-state index in [1.165, 1.54) is 6.20 Å². The van der Waals surface area contributed by atoms with Crippen molar-refractivity contribution >= 4 is 46.4 Å². The Kier molecular flexibility index (Phi) is 5.60. The molecule has 0 saturated carbocycles. The lowest BCUT2D eigenvalue weighted by atomic mass is 10.3. The van der Waals surface area contributed by atoms with Crippen molar-refractivity contribution in [3.63, 3.8) is 0 Å². The number of pyridine rings is 1. The number of benzene rings is 1. The first kappa shape index (κ1) is 18.0. The van der Waals surface area contributed by atoms with Crippen molar-refractivity contribution in [2.45, 2.75) is 6.92 Å². The van der Waals surface area contributed by atoms with Crippen molar-refractivity contribution in [2.24, 2.45) is 0 Å². The van der Waals surface area contributed by atoms with Crippen LogP contribution in [0, 0.1) is 6.92 Å². The van der Waals surface area contributed by atoms with Crippen LogP contribution in [-0.4, -0.2) is 22.7 Å². The summed E-state index contributed by atoms with van der Waals surface area (Å²) >= 11 is 11.8. The normalized spacial score (nSPS) is 10.4. The molecule has 7 nitrogen and oxygen atoms in total. The van der Waals surface area contributed by atoms with Gasteiger partial charge in [0.15, 0.2) is 12.4 Å². The van der Waals surface area contributed by atoms with E-state index in [1.807, 2.05) is 0 Å². The number of halogens is 2. The molecule has 0 unspecified atom stereocenters. The van der Waals surface area contributed by atoms with Gasteiger partial charge < -0.3 is 19.9 Å². The molecule has 2 heterocycles. The van der Waals surface area contributed by atoms with E-state index in [4.69, 9.17) is 32.5 Å². The van der Waals surface area contributed by atoms with Gasteiger partial charge in [-0.25, -0.2) is 4.98 Å². The first-order valence-corrected chi connectivity index (χ1v) is 8.29. The van der Waals surface area contributed by atoms with Crippen LogP contribution >= 0.6 is 23.2 Å². The first-order valence-electron chi connectivity index (χ1n) is 7.54. The summed E-state index contributed by atoms with van der Waals surface area (Å²) in [6, 6.07) is 9.93. The fourth-order valence-corrected chi connectivity index (χ4v) is 2.49. The van der Waals surface area contributed by atoms with Crippen LogP contribution in [0.4, 0.5) is 17.3 Å². The highest BCUT2D eigenvalue weighted by molar-refractivity contribution is 6.35. The molecule has 3 aromatic rings. The summed E-state index contributed by atoms with van der Waals surface area (Å²) < 4.78 is 10.3. The number of anilines is 3. The smallest absolute Gasteiger partial charge is 0.262 e. The Labute approximate surface area is 159 Å². The highest BCUT2D eigenvalue weighted by Gasteiger charge is 2.08. The van der Waals surface area contributed by atoms with Crippen molar-refractivity contribution in [2.75, 3.05) is 17.2 Å². The maximum atomic E-state index is 12.0. The SMILES string of the molecule is Cc1cc(Nc2ccc(NC(=O)COc3ccc(Cl)cc3Cl)cn2)no1. The summed E-state index contributed by atoms with van der Waals surface area (Å²) in [6.45, 7) is 1.60. The molecule has 0 fully saturated rings. The lowest BCUT2D eigenvalue weighted by Crippen LogP contribution is -2.20. The zero-order chi connectivity index (χ0) is 18.5. The summed E-state index contributed by atoms with van der Waals surface area (Å²) in [6.07, 6.45) is 1.52. The second-order valence-corrected chi connectivity index (χ2v) is 6.14. The van der Waals surface area contributed by atoms with Gasteiger partial charge in [0, 0.05) is 11.1 Å². The average Bonchev–Trinajstić information content (AvgIpc) is 3.01. The van der Waals surface area contributed by atoms with E-state index in [9.17, 15) is 4.79 Å². The maximum Gasteiger partial charge on any atom is 0.262 e. The summed E-state index contributed by atoms with van der Waals surface area (Å²) in [5, 5.41) is 10.3. The van der Waals surface area contributed by atoms with Crippen molar-refractivity contribution < 1.29 is 14.1 Å². The van der Waals surface area contributed by atoms with Crippen LogP contribution in [0.5, 0.6) is 5.75 Å². The van der Waals surface area contributed by atoms with Gasteiger partial charge >= 0.3 is 0 Å². The lowest BCUT2D eigenvalue weighted by molar-refractivity contribution is -0.118. The molecular formula is C17H14Cl2N4O3. The van der Waals surface area contributed by atoms with Crippen molar-refractivity contribution in [1.82, 2.24) is 10.1 Å². The fraction of sp³-hybridized carbons (Fsp3) is 0.118. The largest absolute Gasteiger partial charge is 0.482 e. The van der Waals surface area contributed by atoms with E-state index < -0.39 is 0 Å². The third-order valence-electron chi connectivity index (χ3n) is 3.18. The molecule has 0 aliphatic heterocycles. The Hall–Kier alpha value is -2.77. The van der Waals surface area contributed by atoms with Gasteiger partial charge in [-0.2, -0.15) is 0 Å². The summed E-state index contributed by atoms with van der Waals surface area (Å²) in [5.74, 6) is 1.86. The molecule has 0 bridgehead atoms. The minimum absolute atomic E-state index is 0.195. The lowest BCUT2D eigenvalue weighted by Gasteiger charge is -2.09. The number of nitrogens with zero attached hydrogens (tertiary/aromatic N) is 2. The number of amides is 1. The molecule has 1 amide bonds. The Bertz CT molecular complexity index is 913. The topological polar surface area (TPSA) is 89.3 Å². The second kappa shape index (κ2) is 8.07. The molecule has 1 aromatic carbocycles. The Morgan fingerprint density at radius 2 is 2.04 bits per heavy atom. The zero-order valence-corrected chi connectivity index (χ0v) is 15.1. The number of carbonyl (C=O) groups is 1. The maximum absolute atomic E-state index is 12.0. The molecule has 134 valence electrons. The molecule has 9 heteroatoms. The molecule has 0 atom stereocenters. The van der Waals surface area contributed by atoms with Crippen LogP contribution in [0.1, 0.15) is 5.76 Å². The van der Waals surface area contributed by atoms with Gasteiger partial charge in [-0.1, -0.05) is 28.4 Å². The van der Waals surface area contributed by atoms with Crippen LogP contribution < -0.4 is 15.4 Å². The third-order valence-corrected chi connectivity index (χ3v) is 3.71. The standard InChI is InChI=1S/C17H14Cl2N4O3/c1-10-6-16(23-26-10)22-15-5-3-12(8-20-15)21-17(24)9-25-14-4-2-11(18)7-13(14)19/h2-8H,9H2,1H3,(H,21,24)(H,20,22,23). The highest BCUT2D eigenvalue weighted by atomic mass is 35.5. The number of ether oxygens (including phenoxy) is 1. The van der Waals surface area contributed by atoms with Crippen molar-refractivity contribution in [3.8, 4) is 5.75 Å². The quantitative estimate of drug-likeness (QED) is 0.644. The van der Waals surface area contributed by atoms with Crippen LogP contribution in [0.15, 0.2) is 47.1 Å². The van der Waals surface area contributed by atoms with E-state index >= 15 is 0 Å². The predicted octanol–water partition coefficient (Wildman–Crippen LogP) is 4.45. The number of hydrogen-bond acceptors (Lipinski definition) is 6. The van der Waals surface area contributed by atoms with Crippen LogP contribution in [-0.2, 0) is 4.79 Å². The Morgan fingerprint density at radius 1 is 1.19 bits per heavy atom. The molecule has 0 aliphatic rings. The van der Waals surface area contributed by atoms with Crippen LogP contribution in [0.3, 0.4) is 0 Å². The molecule has 0 aliphatic carbocycles. The van der Waals surface area contributed by atoms with Crippen LogP contribution in [0.25, 0.3) is 0 Å². The van der Waals surface area contributed by atoms with Gasteiger partial charge in [0.25, 0.3) is 5.91 Å². The average molecular weight is 393 g/mol. The number of aryl methyl sites for hydroxylation is 1. The van der Waals surface area contributed by atoms with Gasteiger partial charge in [-0.05, 0) is 37.3 Å². The van der Waals surface area contributed by atoms with Crippen molar-refractivity contribution in [3.05, 3.63) is 58.4 Å². The third kappa shape index (κ3) is 4.87. The number of nitrogens with one attached hydrogen (secondary N) is 2. The summed E-state index contributed by atoms with van der Waals surface area (Å²) in [4.78, 5) is 16.2. The Morgan fingerprint density at radius 3 is 2.69 bits per heavy atom. The van der Waals surface area contributed by atoms with Crippen molar-refractivity contribution in [1.29, 1.82) is 0 Å². The predicted molar refractivity (Wildman–Crippen MR) is 99.3 cm³/mol. The molecule has 2 aromatic heterocycles. The fourth-order valence-electron chi connectivity index (χ4n) is 2.03. The highest BCUT2D eigenvalue weighted by Crippen LogP contribution is 2.27. The molecule has 0 radical (unpaired) electrons. The number of rotatable bonds is 6. The molecule has 3 rings (SSSR count). The minimum Gasteiger partial charge on any atom is -0.482 e. The van der Waals surface area contributed by atoms with E-state index in [2.05, 4.69) is 20.8 Å². The van der Waals surface area contributed by atoms with E-state index in [-0.39, 0.29) is 12.5 Å². The number of aromatic nitrogens is 2. The summed E-state index contributed by atoms with van der Waals surface area (Å²) in [5.41, 5.74) is 0.530. The number of hydrogen-bond donors (Lipinski definition) is 2. The summed E-state index contributed by atoms with van der Waals surface area (Å²) in [7, 11) is 0.